The topological polar surface area (TPSA) is 120 Å². The van der Waals surface area contributed by atoms with Gasteiger partial charge in [0.1, 0.15) is 11.3 Å². The first-order valence-electron chi connectivity index (χ1n) is 9.02. The first-order valence-corrected chi connectivity index (χ1v) is 9.84. The van der Waals surface area contributed by atoms with E-state index < -0.39 is 6.03 Å². The quantitative estimate of drug-likeness (QED) is 0.503. The summed E-state index contributed by atoms with van der Waals surface area (Å²) < 4.78 is 22.0. The Morgan fingerprint density at radius 2 is 1.35 bits per heavy atom. The lowest BCUT2D eigenvalue weighted by atomic mass is 10.2. The minimum absolute atomic E-state index is 0.221. The molecule has 0 aliphatic rings. The number of rotatable bonds is 7. The second kappa shape index (κ2) is 9.39. The summed E-state index contributed by atoms with van der Waals surface area (Å²) >= 11 is 1.27. The fourth-order valence-electron chi connectivity index (χ4n) is 2.88. The third-order valence-electron chi connectivity index (χ3n) is 4.14. The van der Waals surface area contributed by atoms with Crippen LogP contribution in [0.5, 0.6) is 23.0 Å². The SMILES string of the molecule is COc1cc(NC(=O)Nc2cc(OC)c3nc(NC(C)=O)sc3c2)cc(OC)c1OC. The highest BCUT2D eigenvalue weighted by molar-refractivity contribution is 7.22. The zero-order chi connectivity index (χ0) is 22.5. The number of hydrogen-bond donors (Lipinski definition) is 3. The highest BCUT2D eigenvalue weighted by Crippen LogP contribution is 2.40. The number of urea groups is 1. The number of benzene rings is 2. The molecule has 11 heteroatoms. The van der Waals surface area contributed by atoms with Crippen LogP contribution in [0.2, 0.25) is 0 Å². The monoisotopic (exact) mass is 446 g/mol. The third-order valence-corrected chi connectivity index (χ3v) is 5.06. The van der Waals surface area contributed by atoms with Crippen LogP contribution in [0.4, 0.5) is 21.3 Å². The lowest BCUT2D eigenvalue weighted by Crippen LogP contribution is -2.19. The summed E-state index contributed by atoms with van der Waals surface area (Å²) in [5.41, 5.74) is 1.53. The molecule has 2 aromatic carbocycles. The molecule has 1 aromatic heterocycles. The average Bonchev–Trinajstić information content (AvgIpc) is 3.13. The maximum atomic E-state index is 12.6. The van der Waals surface area contributed by atoms with Crippen molar-refractivity contribution in [1.82, 2.24) is 4.98 Å². The maximum absolute atomic E-state index is 12.6. The molecule has 0 aliphatic carbocycles. The Kier molecular flexibility index (Phi) is 6.65. The zero-order valence-electron chi connectivity index (χ0n) is 17.6. The van der Waals surface area contributed by atoms with Crippen LogP contribution in [0, 0.1) is 0 Å². The Bertz CT molecular complexity index is 1110. The van der Waals surface area contributed by atoms with E-state index >= 15 is 0 Å². The van der Waals surface area contributed by atoms with Crippen LogP contribution in [0.3, 0.4) is 0 Å². The van der Waals surface area contributed by atoms with Crippen LogP contribution in [0.25, 0.3) is 10.2 Å². The molecule has 0 unspecified atom stereocenters. The normalized spacial score (nSPS) is 10.4. The van der Waals surface area contributed by atoms with Gasteiger partial charge in [0, 0.05) is 30.8 Å². The van der Waals surface area contributed by atoms with Gasteiger partial charge in [-0.25, -0.2) is 9.78 Å². The van der Waals surface area contributed by atoms with Crippen molar-refractivity contribution in [3.05, 3.63) is 24.3 Å². The van der Waals surface area contributed by atoms with Crippen molar-refractivity contribution in [3.63, 3.8) is 0 Å². The smallest absolute Gasteiger partial charge is 0.323 e. The Morgan fingerprint density at radius 1 is 0.806 bits per heavy atom. The number of amides is 3. The first kappa shape index (κ1) is 22.0. The van der Waals surface area contributed by atoms with Gasteiger partial charge in [0.05, 0.1) is 38.8 Å². The Labute approximate surface area is 182 Å². The number of anilines is 3. The molecule has 0 bridgehead atoms. The predicted molar refractivity (Wildman–Crippen MR) is 119 cm³/mol. The van der Waals surface area contributed by atoms with Crippen LogP contribution in [-0.2, 0) is 4.79 Å². The van der Waals surface area contributed by atoms with Gasteiger partial charge in [0.2, 0.25) is 11.7 Å². The number of nitrogens with zero attached hydrogens (tertiary/aromatic N) is 1. The number of carbonyl (C=O) groups excluding carboxylic acids is 2. The van der Waals surface area contributed by atoms with Gasteiger partial charge in [0.15, 0.2) is 16.6 Å². The second-order valence-corrected chi connectivity index (χ2v) is 7.25. The Morgan fingerprint density at radius 3 is 1.87 bits per heavy atom. The molecule has 3 aromatic rings. The van der Waals surface area contributed by atoms with E-state index in [1.54, 1.807) is 24.3 Å². The number of nitrogens with one attached hydrogen (secondary N) is 3. The number of ether oxygens (including phenoxy) is 4. The van der Waals surface area contributed by atoms with Crippen molar-refractivity contribution >= 4 is 50.0 Å². The molecular weight excluding hydrogens is 424 g/mol. The van der Waals surface area contributed by atoms with E-state index in [2.05, 4.69) is 20.9 Å². The zero-order valence-corrected chi connectivity index (χ0v) is 18.4. The van der Waals surface area contributed by atoms with Crippen molar-refractivity contribution in [2.75, 3.05) is 44.4 Å². The Balaban J connectivity index is 1.84. The van der Waals surface area contributed by atoms with Gasteiger partial charge >= 0.3 is 6.03 Å². The molecule has 0 radical (unpaired) electrons. The molecule has 0 saturated heterocycles. The van der Waals surface area contributed by atoms with Crippen LogP contribution in [0.1, 0.15) is 6.92 Å². The number of fused-ring (bicyclic) bond motifs is 1. The maximum Gasteiger partial charge on any atom is 0.323 e. The highest BCUT2D eigenvalue weighted by Gasteiger charge is 2.16. The first-order chi connectivity index (χ1) is 14.9. The highest BCUT2D eigenvalue weighted by atomic mass is 32.1. The van der Waals surface area contributed by atoms with Gasteiger partial charge in [-0.3, -0.25) is 4.79 Å². The van der Waals surface area contributed by atoms with Crippen LogP contribution < -0.4 is 34.9 Å². The minimum atomic E-state index is -0.484. The summed E-state index contributed by atoms with van der Waals surface area (Å²) in [6, 6.07) is 6.15. The number of aromatic nitrogens is 1. The van der Waals surface area contributed by atoms with E-state index in [1.807, 2.05) is 0 Å². The van der Waals surface area contributed by atoms with E-state index in [0.717, 1.165) is 4.70 Å². The molecule has 0 atom stereocenters. The molecule has 3 amide bonds. The van der Waals surface area contributed by atoms with E-state index in [0.29, 0.717) is 45.0 Å². The summed E-state index contributed by atoms with van der Waals surface area (Å²) in [5, 5.41) is 8.58. The number of carbonyl (C=O) groups is 2. The molecule has 31 heavy (non-hydrogen) atoms. The molecule has 10 nitrogen and oxygen atoms in total. The van der Waals surface area contributed by atoms with Gasteiger partial charge < -0.3 is 34.9 Å². The van der Waals surface area contributed by atoms with Gasteiger partial charge in [-0.1, -0.05) is 11.3 Å². The lowest BCUT2D eigenvalue weighted by Gasteiger charge is -2.15. The van der Waals surface area contributed by atoms with E-state index in [9.17, 15) is 9.59 Å². The van der Waals surface area contributed by atoms with E-state index in [-0.39, 0.29) is 5.91 Å². The fourth-order valence-corrected chi connectivity index (χ4v) is 3.85. The number of methoxy groups -OCH3 is 4. The van der Waals surface area contributed by atoms with Crippen molar-refractivity contribution in [1.29, 1.82) is 0 Å². The average molecular weight is 446 g/mol. The summed E-state index contributed by atoms with van der Waals surface area (Å²) in [5.74, 6) is 1.49. The van der Waals surface area contributed by atoms with E-state index in [1.165, 1.54) is 46.7 Å². The summed E-state index contributed by atoms with van der Waals surface area (Å²) in [6.07, 6.45) is 0. The lowest BCUT2D eigenvalue weighted by molar-refractivity contribution is -0.114. The van der Waals surface area contributed by atoms with Crippen molar-refractivity contribution in [2.24, 2.45) is 0 Å². The summed E-state index contributed by atoms with van der Waals surface area (Å²) in [4.78, 5) is 28.2. The van der Waals surface area contributed by atoms with Crippen molar-refractivity contribution in [2.45, 2.75) is 6.92 Å². The molecule has 0 aliphatic heterocycles. The predicted octanol–water partition coefficient (Wildman–Crippen LogP) is 3.93. The molecule has 3 rings (SSSR count). The minimum Gasteiger partial charge on any atom is -0.494 e. The fraction of sp³-hybridized carbons (Fsp3) is 0.250. The third kappa shape index (κ3) is 4.89. The molecule has 3 N–H and O–H groups in total. The van der Waals surface area contributed by atoms with E-state index in [4.69, 9.17) is 18.9 Å². The summed E-state index contributed by atoms with van der Waals surface area (Å²) in [7, 11) is 5.99. The van der Waals surface area contributed by atoms with Gasteiger partial charge in [-0.2, -0.15) is 0 Å². The van der Waals surface area contributed by atoms with Gasteiger partial charge in [-0.05, 0) is 6.07 Å². The molecule has 0 saturated carbocycles. The second-order valence-electron chi connectivity index (χ2n) is 6.22. The number of hydrogen-bond acceptors (Lipinski definition) is 8. The molecule has 164 valence electrons. The summed E-state index contributed by atoms with van der Waals surface area (Å²) in [6.45, 7) is 1.41. The van der Waals surface area contributed by atoms with Crippen LogP contribution >= 0.6 is 11.3 Å². The molecular formula is C20H22N4O6S. The Hall–Kier alpha value is -3.73. The van der Waals surface area contributed by atoms with Gasteiger partial charge in [-0.15, -0.1) is 0 Å². The number of thiazole rings is 1. The van der Waals surface area contributed by atoms with Crippen molar-refractivity contribution < 1.29 is 28.5 Å². The standard InChI is InChI=1S/C20H22N4O6S/c1-10(25)21-20-24-17-13(27-2)6-12(9-16(17)31-20)23-19(26)22-11-7-14(28-3)18(30-5)15(8-11)29-4/h6-9H,1-5H3,(H,21,24,25)(H2,22,23,26). The van der Waals surface area contributed by atoms with Crippen LogP contribution in [0.15, 0.2) is 24.3 Å². The van der Waals surface area contributed by atoms with Crippen molar-refractivity contribution in [3.8, 4) is 23.0 Å². The molecule has 0 spiro atoms. The van der Waals surface area contributed by atoms with Crippen LogP contribution in [-0.4, -0.2) is 45.4 Å². The largest absolute Gasteiger partial charge is 0.494 e. The molecule has 0 fully saturated rings. The molecule has 1 heterocycles. The van der Waals surface area contributed by atoms with Gasteiger partial charge in [0.25, 0.3) is 0 Å².